The van der Waals surface area contributed by atoms with E-state index in [0.29, 0.717) is 0 Å². The van der Waals surface area contributed by atoms with Crippen LogP contribution in [0.25, 0.3) is 0 Å². The molecule has 0 amide bonds. The topological polar surface area (TPSA) is 41.5 Å². The second-order valence-electron chi connectivity index (χ2n) is 6.00. The number of hydrogen-bond acceptors (Lipinski definition) is 3. The van der Waals surface area contributed by atoms with Crippen molar-refractivity contribution in [2.45, 2.75) is 40.7 Å². The minimum Gasteiger partial charge on any atom is -0.496 e. The predicted molar refractivity (Wildman–Crippen MR) is 79.7 cm³/mol. The third kappa shape index (κ3) is 4.84. The van der Waals surface area contributed by atoms with Crippen LogP contribution in [-0.4, -0.2) is 25.4 Å². The van der Waals surface area contributed by atoms with Crippen LogP contribution in [0.2, 0.25) is 0 Å². The Morgan fingerprint density at radius 2 is 1.79 bits per heavy atom. The second-order valence-corrected chi connectivity index (χ2v) is 6.00. The van der Waals surface area contributed by atoms with Gasteiger partial charge in [-0.1, -0.05) is 26.0 Å². The molecule has 1 aromatic rings. The second kappa shape index (κ2) is 6.92. The Kier molecular flexibility index (Phi) is 5.83. The number of hydrogen-bond donors (Lipinski definition) is 2. The molecule has 3 nitrogen and oxygen atoms in total. The maximum atomic E-state index is 9.01. The Balaban J connectivity index is 2.59. The van der Waals surface area contributed by atoms with Crippen molar-refractivity contribution in [1.29, 1.82) is 0 Å². The molecule has 0 aliphatic carbocycles. The van der Waals surface area contributed by atoms with Gasteiger partial charge in [0, 0.05) is 19.7 Å². The fraction of sp³-hybridized carbons (Fsp3) is 0.625. The van der Waals surface area contributed by atoms with Crippen LogP contribution in [-0.2, 0) is 6.54 Å². The summed E-state index contributed by atoms with van der Waals surface area (Å²) < 4.78 is 5.37. The summed E-state index contributed by atoms with van der Waals surface area (Å²) in [5.74, 6) is 0.976. The smallest absolute Gasteiger partial charge is 0.124 e. The summed E-state index contributed by atoms with van der Waals surface area (Å²) in [7, 11) is 1.71. The van der Waals surface area contributed by atoms with E-state index in [-0.39, 0.29) is 12.0 Å². The Bertz CT molecular complexity index is 390. The summed E-state index contributed by atoms with van der Waals surface area (Å²) >= 11 is 0. The number of aliphatic hydroxyl groups is 1. The van der Waals surface area contributed by atoms with E-state index in [1.807, 2.05) is 0 Å². The SMILES string of the molecule is COc1c(C)cc(CNCC(C)(C)CCO)cc1C. The zero-order chi connectivity index (χ0) is 14.5. The van der Waals surface area contributed by atoms with E-state index in [9.17, 15) is 0 Å². The molecule has 0 aliphatic heterocycles. The van der Waals surface area contributed by atoms with Crippen molar-refractivity contribution >= 4 is 0 Å². The molecule has 108 valence electrons. The quantitative estimate of drug-likeness (QED) is 0.796. The van der Waals surface area contributed by atoms with E-state index in [2.05, 4.69) is 45.1 Å². The molecule has 0 saturated carbocycles. The molecule has 2 N–H and O–H groups in total. The molecule has 0 bridgehead atoms. The van der Waals surface area contributed by atoms with Gasteiger partial charge >= 0.3 is 0 Å². The van der Waals surface area contributed by atoms with Crippen molar-refractivity contribution in [3.63, 3.8) is 0 Å². The lowest BCUT2D eigenvalue weighted by Gasteiger charge is -2.24. The first-order chi connectivity index (χ1) is 8.89. The van der Waals surface area contributed by atoms with Crippen LogP contribution in [0.5, 0.6) is 5.75 Å². The van der Waals surface area contributed by atoms with Crippen LogP contribution < -0.4 is 10.1 Å². The van der Waals surface area contributed by atoms with Gasteiger partial charge in [-0.05, 0) is 42.4 Å². The molecule has 0 aromatic heterocycles. The highest BCUT2D eigenvalue weighted by Crippen LogP contribution is 2.24. The fourth-order valence-corrected chi connectivity index (χ4v) is 2.40. The van der Waals surface area contributed by atoms with E-state index in [0.717, 1.165) is 25.3 Å². The van der Waals surface area contributed by atoms with Crippen molar-refractivity contribution in [3.8, 4) is 5.75 Å². The molecule has 0 heterocycles. The molecule has 0 atom stereocenters. The van der Waals surface area contributed by atoms with Gasteiger partial charge in [-0.15, -0.1) is 0 Å². The molecule has 3 heteroatoms. The van der Waals surface area contributed by atoms with Crippen LogP contribution in [0.15, 0.2) is 12.1 Å². The third-order valence-electron chi connectivity index (χ3n) is 3.45. The van der Waals surface area contributed by atoms with E-state index in [1.54, 1.807) is 7.11 Å². The van der Waals surface area contributed by atoms with E-state index < -0.39 is 0 Å². The Hall–Kier alpha value is -1.06. The summed E-state index contributed by atoms with van der Waals surface area (Å²) in [6, 6.07) is 4.33. The zero-order valence-electron chi connectivity index (χ0n) is 12.8. The first kappa shape index (κ1) is 16.0. The van der Waals surface area contributed by atoms with Crippen molar-refractivity contribution in [3.05, 3.63) is 28.8 Å². The van der Waals surface area contributed by atoms with E-state index in [1.165, 1.54) is 16.7 Å². The Morgan fingerprint density at radius 3 is 2.26 bits per heavy atom. The van der Waals surface area contributed by atoms with Gasteiger partial charge < -0.3 is 15.2 Å². The van der Waals surface area contributed by atoms with Crippen molar-refractivity contribution in [2.24, 2.45) is 5.41 Å². The molecule has 0 fully saturated rings. The van der Waals surface area contributed by atoms with Crippen LogP contribution in [0.3, 0.4) is 0 Å². The molecule has 19 heavy (non-hydrogen) atoms. The number of rotatable bonds is 7. The Labute approximate surface area is 117 Å². The minimum atomic E-state index is 0.130. The van der Waals surface area contributed by atoms with Gasteiger partial charge in [-0.3, -0.25) is 0 Å². The zero-order valence-corrected chi connectivity index (χ0v) is 12.8. The monoisotopic (exact) mass is 265 g/mol. The molecular weight excluding hydrogens is 238 g/mol. The molecule has 0 saturated heterocycles. The standard InChI is InChI=1S/C16H27NO2/c1-12-8-14(9-13(2)15(12)19-5)10-17-11-16(3,4)6-7-18/h8-9,17-18H,6-7,10-11H2,1-5H3. The van der Waals surface area contributed by atoms with Crippen molar-refractivity contribution < 1.29 is 9.84 Å². The average molecular weight is 265 g/mol. The van der Waals surface area contributed by atoms with Crippen molar-refractivity contribution in [1.82, 2.24) is 5.32 Å². The van der Waals surface area contributed by atoms with Gasteiger partial charge in [0.2, 0.25) is 0 Å². The van der Waals surface area contributed by atoms with Gasteiger partial charge in [0.25, 0.3) is 0 Å². The lowest BCUT2D eigenvalue weighted by Crippen LogP contribution is -2.29. The van der Waals surface area contributed by atoms with Crippen LogP contribution in [0.4, 0.5) is 0 Å². The highest BCUT2D eigenvalue weighted by molar-refractivity contribution is 5.43. The van der Waals surface area contributed by atoms with E-state index in [4.69, 9.17) is 9.84 Å². The lowest BCUT2D eigenvalue weighted by molar-refractivity contribution is 0.207. The summed E-state index contributed by atoms with van der Waals surface area (Å²) in [6.45, 7) is 10.5. The third-order valence-corrected chi connectivity index (χ3v) is 3.45. The average Bonchev–Trinajstić information content (AvgIpc) is 2.28. The first-order valence-electron chi connectivity index (χ1n) is 6.85. The van der Waals surface area contributed by atoms with Gasteiger partial charge in [-0.25, -0.2) is 0 Å². The lowest BCUT2D eigenvalue weighted by atomic mass is 9.89. The minimum absolute atomic E-state index is 0.130. The van der Waals surface area contributed by atoms with Crippen LogP contribution in [0, 0.1) is 19.3 Å². The van der Waals surface area contributed by atoms with Gasteiger partial charge in [0.15, 0.2) is 0 Å². The maximum absolute atomic E-state index is 9.01. The van der Waals surface area contributed by atoms with Crippen LogP contribution >= 0.6 is 0 Å². The summed E-state index contributed by atoms with van der Waals surface area (Å²) in [5.41, 5.74) is 3.75. The van der Waals surface area contributed by atoms with Gasteiger partial charge in [-0.2, -0.15) is 0 Å². The predicted octanol–water partition coefficient (Wildman–Crippen LogP) is 2.81. The van der Waals surface area contributed by atoms with Crippen LogP contribution in [0.1, 0.15) is 37.0 Å². The number of ether oxygens (including phenoxy) is 1. The molecule has 0 spiro atoms. The number of aryl methyl sites for hydroxylation is 2. The van der Waals surface area contributed by atoms with Gasteiger partial charge in [0.1, 0.15) is 5.75 Å². The number of nitrogens with one attached hydrogen (secondary N) is 1. The van der Waals surface area contributed by atoms with Gasteiger partial charge in [0.05, 0.1) is 7.11 Å². The number of aliphatic hydroxyl groups excluding tert-OH is 1. The summed E-state index contributed by atoms with van der Waals surface area (Å²) in [6.07, 6.45) is 0.820. The summed E-state index contributed by atoms with van der Waals surface area (Å²) in [4.78, 5) is 0. The number of methoxy groups -OCH3 is 1. The highest BCUT2D eigenvalue weighted by Gasteiger charge is 2.16. The largest absolute Gasteiger partial charge is 0.496 e. The molecule has 0 unspecified atom stereocenters. The van der Waals surface area contributed by atoms with Crippen molar-refractivity contribution in [2.75, 3.05) is 20.3 Å². The Morgan fingerprint density at radius 1 is 1.21 bits per heavy atom. The van der Waals surface area contributed by atoms with E-state index >= 15 is 0 Å². The molecule has 0 radical (unpaired) electrons. The first-order valence-corrected chi connectivity index (χ1v) is 6.85. The molecular formula is C16H27NO2. The molecule has 0 aliphatic rings. The fourth-order valence-electron chi connectivity index (χ4n) is 2.40. The number of benzene rings is 1. The highest BCUT2D eigenvalue weighted by atomic mass is 16.5. The maximum Gasteiger partial charge on any atom is 0.124 e. The summed E-state index contributed by atoms with van der Waals surface area (Å²) in [5, 5.41) is 12.5. The normalized spacial score (nSPS) is 11.7. The molecule has 1 rings (SSSR count). The molecule has 1 aromatic carbocycles.